The number of benzene rings is 2. The van der Waals surface area contributed by atoms with Gasteiger partial charge in [-0.15, -0.1) is 0 Å². The molecule has 3 rings (SSSR count). The first-order valence-electron chi connectivity index (χ1n) is 9.41. The fourth-order valence-electron chi connectivity index (χ4n) is 3.58. The van der Waals surface area contributed by atoms with Gasteiger partial charge in [0.15, 0.2) is 0 Å². The monoisotopic (exact) mass is 422 g/mol. The topological polar surface area (TPSA) is 78.9 Å². The SMILES string of the molecule is CCC1CC(NC(=O)OCc2ccccc2)c2cc(C(F)(F)F)ccc2N1C(=O)O. The summed E-state index contributed by atoms with van der Waals surface area (Å²) in [5.74, 6) is 0. The first-order valence-corrected chi connectivity index (χ1v) is 9.41. The molecule has 30 heavy (non-hydrogen) atoms. The molecule has 0 spiro atoms. The molecule has 1 aliphatic heterocycles. The number of carbonyl (C=O) groups excluding carboxylic acids is 1. The van der Waals surface area contributed by atoms with Gasteiger partial charge in [0.25, 0.3) is 0 Å². The molecule has 0 aromatic heterocycles. The van der Waals surface area contributed by atoms with Crippen molar-refractivity contribution in [3.63, 3.8) is 0 Å². The predicted octanol–water partition coefficient (Wildman–Crippen LogP) is 5.34. The zero-order chi connectivity index (χ0) is 21.9. The third-order valence-electron chi connectivity index (χ3n) is 5.04. The molecule has 2 aromatic carbocycles. The van der Waals surface area contributed by atoms with Gasteiger partial charge in [-0.2, -0.15) is 13.2 Å². The van der Waals surface area contributed by atoms with Gasteiger partial charge in [0, 0.05) is 6.04 Å². The predicted molar refractivity (Wildman–Crippen MR) is 103 cm³/mol. The van der Waals surface area contributed by atoms with Crippen LogP contribution < -0.4 is 10.2 Å². The van der Waals surface area contributed by atoms with Gasteiger partial charge in [-0.1, -0.05) is 37.3 Å². The molecule has 2 aromatic rings. The number of alkyl carbamates (subject to hydrolysis) is 1. The molecule has 0 radical (unpaired) electrons. The number of carboxylic acid groups (broad SMARTS) is 1. The lowest BCUT2D eigenvalue weighted by Crippen LogP contribution is -2.47. The van der Waals surface area contributed by atoms with Gasteiger partial charge >= 0.3 is 18.4 Å². The molecular weight excluding hydrogens is 401 g/mol. The summed E-state index contributed by atoms with van der Waals surface area (Å²) in [6, 6.07) is 10.5. The number of nitrogens with one attached hydrogen (secondary N) is 1. The van der Waals surface area contributed by atoms with Gasteiger partial charge in [0.05, 0.1) is 17.3 Å². The Bertz CT molecular complexity index is 918. The smallest absolute Gasteiger partial charge is 0.416 e. The van der Waals surface area contributed by atoms with Crippen molar-refractivity contribution in [2.24, 2.45) is 0 Å². The average molecular weight is 422 g/mol. The maximum absolute atomic E-state index is 13.2. The Morgan fingerprint density at radius 3 is 2.50 bits per heavy atom. The second kappa shape index (κ2) is 8.64. The van der Waals surface area contributed by atoms with Crippen molar-refractivity contribution in [1.29, 1.82) is 0 Å². The van der Waals surface area contributed by atoms with E-state index in [4.69, 9.17) is 4.74 Å². The molecule has 0 fully saturated rings. The number of rotatable bonds is 4. The van der Waals surface area contributed by atoms with Crippen LogP contribution in [0.25, 0.3) is 0 Å². The highest BCUT2D eigenvalue weighted by atomic mass is 19.4. The number of alkyl halides is 3. The summed E-state index contributed by atoms with van der Waals surface area (Å²) in [4.78, 5) is 25.1. The Morgan fingerprint density at radius 2 is 1.90 bits per heavy atom. The number of carbonyl (C=O) groups is 2. The van der Waals surface area contributed by atoms with Crippen LogP contribution in [0.4, 0.5) is 28.4 Å². The molecule has 0 saturated heterocycles. The Balaban J connectivity index is 1.87. The van der Waals surface area contributed by atoms with Crippen molar-refractivity contribution in [3.8, 4) is 0 Å². The third-order valence-corrected chi connectivity index (χ3v) is 5.04. The summed E-state index contributed by atoms with van der Waals surface area (Å²) >= 11 is 0. The zero-order valence-corrected chi connectivity index (χ0v) is 16.1. The lowest BCUT2D eigenvalue weighted by molar-refractivity contribution is -0.137. The molecule has 0 saturated carbocycles. The van der Waals surface area contributed by atoms with Crippen LogP contribution in [0.3, 0.4) is 0 Å². The van der Waals surface area contributed by atoms with Crippen LogP contribution in [0.1, 0.15) is 42.5 Å². The zero-order valence-electron chi connectivity index (χ0n) is 16.1. The van der Waals surface area contributed by atoms with E-state index < -0.39 is 36.0 Å². The number of amides is 2. The van der Waals surface area contributed by atoms with E-state index in [1.807, 2.05) is 6.07 Å². The van der Waals surface area contributed by atoms with Crippen LogP contribution in [-0.2, 0) is 17.5 Å². The summed E-state index contributed by atoms with van der Waals surface area (Å²) in [5, 5.41) is 12.2. The minimum atomic E-state index is -4.59. The van der Waals surface area contributed by atoms with E-state index in [1.165, 1.54) is 0 Å². The minimum Gasteiger partial charge on any atom is -0.465 e. The molecule has 1 aliphatic rings. The van der Waals surface area contributed by atoms with Crippen molar-refractivity contribution in [2.45, 2.75) is 44.6 Å². The second-order valence-corrected chi connectivity index (χ2v) is 6.98. The van der Waals surface area contributed by atoms with E-state index in [0.29, 0.717) is 6.42 Å². The Labute approximate surface area is 171 Å². The Hall–Kier alpha value is -3.23. The van der Waals surface area contributed by atoms with Gasteiger partial charge in [0.2, 0.25) is 0 Å². The van der Waals surface area contributed by atoms with Gasteiger partial charge in [-0.3, -0.25) is 4.90 Å². The highest BCUT2D eigenvalue weighted by Gasteiger charge is 2.39. The minimum absolute atomic E-state index is 0.00724. The maximum atomic E-state index is 13.2. The number of ether oxygens (including phenoxy) is 1. The molecule has 2 unspecified atom stereocenters. The van der Waals surface area contributed by atoms with Crippen molar-refractivity contribution < 1.29 is 32.6 Å². The average Bonchev–Trinajstić information content (AvgIpc) is 2.71. The van der Waals surface area contributed by atoms with Gasteiger partial charge < -0.3 is 15.2 Å². The van der Waals surface area contributed by atoms with Crippen molar-refractivity contribution in [2.75, 3.05) is 4.90 Å². The molecular formula is C21H21F3N2O4. The standard InChI is InChI=1S/C21H21F3N2O4/c1-2-15-11-17(25-19(27)30-12-13-6-4-3-5-7-13)16-10-14(21(22,23)24)8-9-18(16)26(15)20(28)29/h3-10,15,17H,2,11-12H2,1H3,(H,25,27)(H,28,29). The van der Waals surface area contributed by atoms with E-state index in [1.54, 1.807) is 31.2 Å². The van der Waals surface area contributed by atoms with Crippen LogP contribution >= 0.6 is 0 Å². The summed E-state index contributed by atoms with van der Waals surface area (Å²) in [6.07, 6.45) is -6.07. The fourth-order valence-corrected chi connectivity index (χ4v) is 3.58. The van der Waals surface area contributed by atoms with E-state index >= 15 is 0 Å². The highest BCUT2D eigenvalue weighted by Crippen LogP contribution is 2.41. The van der Waals surface area contributed by atoms with Gasteiger partial charge in [-0.05, 0) is 42.2 Å². The number of anilines is 1. The van der Waals surface area contributed by atoms with Gasteiger partial charge in [-0.25, -0.2) is 9.59 Å². The summed E-state index contributed by atoms with van der Waals surface area (Å²) in [5.41, 5.74) is 0.0704. The largest absolute Gasteiger partial charge is 0.465 e. The van der Waals surface area contributed by atoms with Crippen LogP contribution in [-0.4, -0.2) is 23.3 Å². The Morgan fingerprint density at radius 1 is 1.20 bits per heavy atom. The lowest BCUT2D eigenvalue weighted by atomic mass is 9.89. The number of halogens is 3. The van der Waals surface area contributed by atoms with E-state index in [-0.39, 0.29) is 24.3 Å². The molecule has 2 atom stereocenters. The Kier molecular flexibility index (Phi) is 6.19. The van der Waals surface area contributed by atoms with Crippen molar-refractivity contribution in [3.05, 3.63) is 65.2 Å². The molecule has 6 nitrogen and oxygen atoms in total. The molecule has 0 aliphatic carbocycles. The van der Waals surface area contributed by atoms with Crippen LogP contribution in [0.5, 0.6) is 0 Å². The number of nitrogens with zero attached hydrogens (tertiary/aromatic N) is 1. The summed E-state index contributed by atoms with van der Waals surface area (Å²) < 4.78 is 44.8. The summed E-state index contributed by atoms with van der Waals surface area (Å²) in [6.45, 7) is 1.79. The van der Waals surface area contributed by atoms with Crippen molar-refractivity contribution >= 4 is 17.9 Å². The molecule has 2 N–H and O–H groups in total. The number of hydrogen-bond donors (Lipinski definition) is 2. The molecule has 160 valence electrons. The number of hydrogen-bond acceptors (Lipinski definition) is 3. The van der Waals surface area contributed by atoms with E-state index in [2.05, 4.69) is 5.32 Å². The first kappa shape index (κ1) is 21.5. The maximum Gasteiger partial charge on any atom is 0.416 e. The van der Waals surface area contributed by atoms with E-state index in [9.17, 15) is 27.9 Å². The lowest BCUT2D eigenvalue weighted by Gasteiger charge is -2.39. The normalized spacial score (nSPS) is 18.5. The van der Waals surface area contributed by atoms with Gasteiger partial charge in [0.1, 0.15) is 6.61 Å². The molecule has 2 amide bonds. The van der Waals surface area contributed by atoms with Crippen LogP contribution in [0.2, 0.25) is 0 Å². The fraction of sp³-hybridized carbons (Fsp3) is 0.333. The molecule has 1 heterocycles. The highest BCUT2D eigenvalue weighted by molar-refractivity contribution is 5.89. The second-order valence-electron chi connectivity index (χ2n) is 6.98. The first-order chi connectivity index (χ1) is 14.2. The number of fused-ring (bicyclic) bond motifs is 1. The molecule has 9 heteroatoms. The van der Waals surface area contributed by atoms with Crippen LogP contribution in [0.15, 0.2) is 48.5 Å². The molecule has 0 bridgehead atoms. The van der Waals surface area contributed by atoms with Crippen molar-refractivity contribution in [1.82, 2.24) is 5.32 Å². The van der Waals surface area contributed by atoms with Crippen LogP contribution in [0, 0.1) is 0 Å². The summed E-state index contributed by atoms with van der Waals surface area (Å²) in [7, 11) is 0. The quantitative estimate of drug-likeness (QED) is 0.697. The van der Waals surface area contributed by atoms with E-state index in [0.717, 1.165) is 28.7 Å². The third kappa shape index (κ3) is 4.67.